The number of nitrogens with two attached hydrogens (primary N) is 1. The zero-order chi connectivity index (χ0) is 8.27. The first-order valence-corrected chi connectivity index (χ1v) is 4.26. The van der Waals surface area contributed by atoms with Gasteiger partial charge in [-0.2, -0.15) is 0 Å². The molecule has 1 aliphatic heterocycles. The molecule has 1 rings (SSSR count). The summed E-state index contributed by atoms with van der Waals surface area (Å²) in [6, 6.07) is 0.153. The molecule has 1 heterocycles. The number of hydrogen-bond donors (Lipinski definition) is 1. The SMILES string of the molecule is NC(=S)C1CCCN1CCF. The molecule has 0 saturated carbocycles. The molecule has 2 N–H and O–H groups in total. The zero-order valence-corrected chi connectivity index (χ0v) is 7.24. The van der Waals surface area contributed by atoms with Gasteiger partial charge in [0.05, 0.1) is 11.0 Å². The molecule has 0 aliphatic carbocycles. The quantitative estimate of drug-likeness (QED) is 0.642. The molecule has 2 nitrogen and oxygen atoms in total. The molecule has 1 fully saturated rings. The Bertz CT molecular complexity index is 151. The van der Waals surface area contributed by atoms with Crippen LogP contribution in [0.5, 0.6) is 0 Å². The summed E-state index contributed by atoms with van der Waals surface area (Å²) >= 11 is 4.86. The van der Waals surface area contributed by atoms with Gasteiger partial charge in [-0.1, -0.05) is 12.2 Å². The Morgan fingerprint density at radius 3 is 3.00 bits per heavy atom. The summed E-state index contributed by atoms with van der Waals surface area (Å²) in [4.78, 5) is 2.53. The zero-order valence-electron chi connectivity index (χ0n) is 6.42. The van der Waals surface area contributed by atoms with Crippen molar-refractivity contribution in [2.24, 2.45) is 5.73 Å². The van der Waals surface area contributed by atoms with E-state index in [4.69, 9.17) is 18.0 Å². The van der Waals surface area contributed by atoms with Crippen LogP contribution < -0.4 is 5.73 Å². The topological polar surface area (TPSA) is 29.3 Å². The third-order valence-corrected chi connectivity index (χ3v) is 2.34. The van der Waals surface area contributed by atoms with Gasteiger partial charge in [-0.3, -0.25) is 4.90 Å². The summed E-state index contributed by atoms with van der Waals surface area (Å²) in [5.41, 5.74) is 5.49. The standard InChI is InChI=1S/C7H13FN2S/c8-3-5-10-4-1-2-6(10)7(9)11/h6H,1-5H2,(H2,9,11). The van der Waals surface area contributed by atoms with E-state index < -0.39 is 0 Å². The van der Waals surface area contributed by atoms with Crippen molar-refractivity contribution in [1.82, 2.24) is 4.90 Å². The molecule has 1 saturated heterocycles. The van der Waals surface area contributed by atoms with Crippen LogP contribution >= 0.6 is 12.2 Å². The van der Waals surface area contributed by atoms with Crippen molar-refractivity contribution in [2.45, 2.75) is 18.9 Å². The number of halogens is 1. The predicted molar refractivity (Wildman–Crippen MR) is 47.4 cm³/mol. The van der Waals surface area contributed by atoms with Crippen LogP contribution in [-0.4, -0.2) is 35.7 Å². The van der Waals surface area contributed by atoms with Crippen LogP contribution in [0.25, 0.3) is 0 Å². The Labute approximate surface area is 71.5 Å². The molecule has 1 unspecified atom stereocenters. The van der Waals surface area contributed by atoms with Crippen molar-refractivity contribution in [3.63, 3.8) is 0 Å². The Hall–Kier alpha value is -0.220. The number of nitrogens with zero attached hydrogens (tertiary/aromatic N) is 1. The first-order chi connectivity index (χ1) is 5.25. The van der Waals surface area contributed by atoms with Crippen molar-refractivity contribution in [1.29, 1.82) is 0 Å². The summed E-state index contributed by atoms with van der Waals surface area (Å²) in [6.07, 6.45) is 2.08. The third kappa shape index (κ3) is 2.10. The summed E-state index contributed by atoms with van der Waals surface area (Å²) in [5, 5.41) is 0. The highest BCUT2D eigenvalue weighted by molar-refractivity contribution is 7.80. The Balaban J connectivity index is 2.44. The Kier molecular flexibility index (Phi) is 3.20. The van der Waals surface area contributed by atoms with E-state index in [-0.39, 0.29) is 12.7 Å². The Morgan fingerprint density at radius 1 is 1.73 bits per heavy atom. The minimum Gasteiger partial charge on any atom is -0.392 e. The van der Waals surface area contributed by atoms with Gasteiger partial charge in [0.1, 0.15) is 6.67 Å². The van der Waals surface area contributed by atoms with Crippen LogP contribution in [0.2, 0.25) is 0 Å². The highest BCUT2D eigenvalue weighted by Crippen LogP contribution is 2.16. The van der Waals surface area contributed by atoms with Crippen LogP contribution in [0.3, 0.4) is 0 Å². The van der Waals surface area contributed by atoms with Crippen molar-refractivity contribution in [3.8, 4) is 0 Å². The van der Waals surface area contributed by atoms with Gasteiger partial charge in [-0.15, -0.1) is 0 Å². The molecule has 11 heavy (non-hydrogen) atoms. The van der Waals surface area contributed by atoms with Gasteiger partial charge in [0, 0.05) is 6.54 Å². The molecule has 1 aliphatic rings. The third-order valence-electron chi connectivity index (χ3n) is 2.06. The minimum absolute atomic E-state index is 0.153. The largest absolute Gasteiger partial charge is 0.392 e. The van der Waals surface area contributed by atoms with Crippen LogP contribution in [0.4, 0.5) is 4.39 Å². The summed E-state index contributed by atoms with van der Waals surface area (Å²) in [6.45, 7) is 1.10. The number of thiocarbonyl (C=S) groups is 1. The van der Waals surface area contributed by atoms with Crippen LogP contribution in [-0.2, 0) is 0 Å². The molecular formula is C7H13FN2S. The van der Waals surface area contributed by atoms with E-state index in [2.05, 4.69) is 0 Å². The fourth-order valence-electron chi connectivity index (χ4n) is 1.52. The van der Waals surface area contributed by atoms with Gasteiger partial charge in [0.25, 0.3) is 0 Å². The maximum Gasteiger partial charge on any atom is 0.102 e. The summed E-state index contributed by atoms with van der Waals surface area (Å²) in [5.74, 6) is 0. The van der Waals surface area contributed by atoms with Gasteiger partial charge in [0.2, 0.25) is 0 Å². The van der Waals surface area contributed by atoms with Gasteiger partial charge in [-0.05, 0) is 19.4 Å². The molecule has 64 valence electrons. The van der Waals surface area contributed by atoms with E-state index in [1.807, 2.05) is 4.90 Å². The molecule has 0 amide bonds. The second-order valence-electron chi connectivity index (χ2n) is 2.79. The highest BCUT2D eigenvalue weighted by atomic mass is 32.1. The van der Waals surface area contributed by atoms with Crippen LogP contribution in [0.1, 0.15) is 12.8 Å². The van der Waals surface area contributed by atoms with E-state index in [0.717, 1.165) is 19.4 Å². The lowest BCUT2D eigenvalue weighted by atomic mass is 10.2. The van der Waals surface area contributed by atoms with Crippen molar-refractivity contribution in [3.05, 3.63) is 0 Å². The number of rotatable bonds is 3. The lowest BCUT2D eigenvalue weighted by Gasteiger charge is -2.21. The van der Waals surface area contributed by atoms with E-state index >= 15 is 0 Å². The monoisotopic (exact) mass is 176 g/mol. The maximum atomic E-state index is 12.0. The van der Waals surface area contributed by atoms with E-state index in [0.29, 0.717) is 11.5 Å². The number of hydrogen-bond acceptors (Lipinski definition) is 2. The predicted octanol–water partition coefficient (Wildman–Crippen LogP) is 0.706. The normalized spacial score (nSPS) is 25.7. The van der Waals surface area contributed by atoms with E-state index in [1.54, 1.807) is 0 Å². The average molecular weight is 176 g/mol. The molecule has 0 radical (unpaired) electrons. The number of likely N-dealkylation sites (tertiary alicyclic amines) is 1. The van der Waals surface area contributed by atoms with Crippen LogP contribution in [0.15, 0.2) is 0 Å². The van der Waals surface area contributed by atoms with Crippen molar-refractivity contribution in [2.75, 3.05) is 19.8 Å². The Morgan fingerprint density at radius 2 is 2.45 bits per heavy atom. The fraction of sp³-hybridized carbons (Fsp3) is 0.857. The molecule has 0 spiro atoms. The lowest BCUT2D eigenvalue weighted by Crippen LogP contribution is -2.40. The fourth-order valence-corrected chi connectivity index (χ4v) is 1.79. The summed E-state index contributed by atoms with van der Waals surface area (Å²) < 4.78 is 12.0. The molecule has 1 atom stereocenters. The van der Waals surface area contributed by atoms with Gasteiger partial charge < -0.3 is 5.73 Å². The van der Waals surface area contributed by atoms with Gasteiger partial charge >= 0.3 is 0 Å². The van der Waals surface area contributed by atoms with Crippen molar-refractivity contribution < 1.29 is 4.39 Å². The molecule has 0 aromatic heterocycles. The molecule has 0 aromatic carbocycles. The van der Waals surface area contributed by atoms with Crippen molar-refractivity contribution >= 4 is 17.2 Å². The highest BCUT2D eigenvalue weighted by Gasteiger charge is 2.25. The molecular weight excluding hydrogens is 163 g/mol. The van der Waals surface area contributed by atoms with E-state index in [9.17, 15) is 4.39 Å². The second-order valence-corrected chi connectivity index (χ2v) is 3.26. The van der Waals surface area contributed by atoms with Gasteiger partial charge in [-0.25, -0.2) is 4.39 Å². The second kappa shape index (κ2) is 3.97. The first kappa shape index (κ1) is 8.87. The van der Waals surface area contributed by atoms with Gasteiger partial charge in [0.15, 0.2) is 0 Å². The van der Waals surface area contributed by atoms with E-state index in [1.165, 1.54) is 0 Å². The smallest absolute Gasteiger partial charge is 0.102 e. The summed E-state index contributed by atoms with van der Waals surface area (Å²) in [7, 11) is 0. The molecule has 4 heteroatoms. The first-order valence-electron chi connectivity index (χ1n) is 3.85. The maximum absolute atomic E-state index is 12.0. The van der Waals surface area contributed by atoms with Crippen LogP contribution in [0, 0.1) is 0 Å². The average Bonchev–Trinajstić information content (AvgIpc) is 2.36. The minimum atomic E-state index is -0.306. The molecule has 0 aromatic rings. The lowest BCUT2D eigenvalue weighted by molar-refractivity contribution is 0.270. The molecule has 0 bridgehead atoms. The number of alkyl halides is 1.